The molecule has 6 nitrogen and oxygen atoms in total. The van der Waals surface area contributed by atoms with Crippen molar-refractivity contribution >= 4 is 11.0 Å². The second-order valence-electron chi connectivity index (χ2n) is 9.23. The Balaban J connectivity index is 1.82. The monoisotopic (exact) mass is 371 g/mol. The highest BCUT2D eigenvalue weighted by Gasteiger charge is 2.32. The van der Waals surface area contributed by atoms with E-state index >= 15 is 0 Å². The van der Waals surface area contributed by atoms with Crippen LogP contribution in [0.15, 0.2) is 11.0 Å². The molecule has 1 fully saturated rings. The topological polar surface area (TPSA) is 56.0 Å². The Morgan fingerprint density at radius 1 is 1.11 bits per heavy atom. The first-order valence-corrected chi connectivity index (χ1v) is 10.7. The van der Waals surface area contributed by atoms with Gasteiger partial charge < -0.3 is 0 Å². The van der Waals surface area contributed by atoms with E-state index < -0.39 is 0 Å². The molecular weight excluding hydrogens is 338 g/mol. The Hall–Kier alpha value is -1.69. The average molecular weight is 372 g/mol. The van der Waals surface area contributed by atoms with Crippen LogP contribution < -0.4 is 5.56 Å². The van der Waals surface area contributed by atoms with Crippen LogP contribution in [0.4, 0.5) is 0 Å². The lowest BCUT2D eigenvalue weighted by Crippen LogP contribution is -2.45. The van der Waals surface area contributed by atoms with E-state index in [9.17, 15) is 4.79 Å². The summed E-state index contributed by atoms with van der Waals surface area (Å²) in [5, 5.41) is 5.28. The average Bonchev–Trinajstić information content (AvgIpc) is 3.25. The molecule has 0 saturated heterocycles. The van der Waals surface area contributed by atoms with Gasteiger partial charge in [-0.2, -0.15) is 5.10 Å². The molecule has 2 aromatic rings. The molecule has 2 aromatic heterocycles. The SMILES string of the molecule is CC(C)CC1c2nc3c(cnn3C3CCCC3)c(=O)n2CCN1CC(C)C. The molecule has 0 radical (unpaired) electrons. The Morgan fingerprint density at radius 2 is 1.85 bits per heavy atom. The van der Waals surface area contributed by atoms with Gasteiger partial charge in [0.05, 0.1) is 18.3 Å². The Labute approximate surface area is 161 Å². The third-order valence-electron chi connectivity index (χ3n) is 6.06. The maximum atomic E-state index is 13.2. The number of fused-ring (bicyclic) bond motifs is 2. The quantitative estimate of drug-likeness (QED) is 0.803. The highest BCUT2D eigenvalue weighted by Crippen LogP contribution is 2.33. The number of rotatable bonds is 5. The first-order chi connectivity index (χ1) is 13.0. The third-order valence-corrected chi connectivity index (χ3v) is 6.06. The largest absolute Gasteiger partial charge is 0.293 e. The van der Waals surface area contributed by atoms with Crippen molar-refractivity contribution in [2.45, 2.75) is 78.4 Å². The summed E-state index contributed by atoms with van der Waals surface area (Å²) < 4.78 is 3.96. The second kappa shape index (κ2) is 7.38. The number of nitrogens with zero attached hydrogens (tertiary/aromatic N) is 5. The van der Waals surface area contributed by atoms with Crippen LogP contribution in [0.2, 0.25) is 0 Å². The summed E-state index contributed by atoms with van der Waals surface area (Å²) in [6.07, 6.45) is 7.55. The van der Waals surface area contributed by atoms with Crippen molar-refractivity contribution in [2.75, 3.05) is 13.1 Å². The lowest BCUT2D eigenvalue weighted by Gasteiger charge is -2.38. The molecule has 0 bridgehead atoms. The van der Waals surface area contributed by atoms with E-state index in [1.54, 1.807) is 6.20 Å². The van der Waals surface area contributed by atoms with Gasteiger partial charge in [0, 0.05) is 19.6 Å². The molecule has 4 rings (SSSR count). The van der Waals surface area contributed by atoms with Crippen LogP contribution in [0, 0.1) is 11.8 Å². The zero-order chi connectivity index (χ0) is 19.1. The Bertz CT molecular complexity index is 859. The first-order valence-electron chi connectivity index (χ1n) is 10.7. The van der Waals surface area contributed by atoms with E-state index in [1.807, 2.05) is 9.25 Å². The van der Waals surface area contributed by atoms with Gasteiger partial charge in [0.1, 0.15) is 11.2 Å². The van der Waals surface area contributed by atoms with Gasteiger partial charge in [-0.25, -0.2) is 9.67 Å². The van der Waals surface area contributed by atoms with Crippen molar-refractivity contribution in [1.82, 2.24) is 24.2 Å². The third kappa shape index (κ3) is 3.44. The van der Waals surface area contributed by atoms with E-state index in [1.165, 1.54) is 12.8 Å². The molecule has 3 heterocycles. The molecule has 1 aliphatic carbocycles. The summed E-state index contributed by atoms with van der Waals surface area (Å²) >= 11 is 0. The van der Waals surface area contributed by atoms with Gasteiger partial charge in [0.2, 0.25) is 0 Å². The van der Waals surface area contributed by atoms with Gasteiger partial charge in [-0.05, 0) is 31.1 Å². The second-order valence-corrected chi connectivity index (χ2v) is 9.23. The fourth-order valence-corrected chi connectivity index (χ4v) is 4.86. The molecule has 0 N–H and O–H groups in total. The van der Waals surface area contributed by atoms with Crippen LogP contribution in [-0.4, -0.2) is 37.3 Å². The van der Waals surface area contributed by atoms with Crippen molar-refractivity contribution in [3.05, 3.63) is 22.4 Å². The molecule has 0 aromatic carbocycles. The van der Waals surface area contributed by atoms with Gasteiger partial charge >= 0.3 is 0 Å². The van der Waals surface area contributed by atoms with Crippen molar-refractivity contribution in [2.24, 2.45) is 11.8 Å². The normalized spacial score (nSPS) is 21.6. The van der Waals surface area contributed by atoms with Crippen LogP contribution in [0.25, 0.3) is 11.0 Å². The Kier molecular flexibility index (Phi) is 5.10. The van der Waals surface area contributed by atoms with Crippen LogP contribution in [0.3, 0.4) is 0 Å². The summed E-state index contributed by atoms with van der Waals surface area (Å²) in [6, 6.07) is 0.613. The molecule has 0 spiro atoms. The maximum absolute atomic E-state index is 13.2. The van der Waals surface area contributed by atoms with Crippen LogP contribution in [-0.2, 0) is 6.54 Å². The van der Waals surface area contributed by atoms with Crippen molar-refractivity contribution in [3.8, 4) is 0 Å². The lowest BCUT2D eigenvalue weighted by atomic mass is 9.98. The molecule has 1 unspecified atom stereocenters. The smallest absolute Gasteiger partial charge is 0.264 e. The first kappa shape index (κ1) is 18.7. The molecule has 148 valence electrons. The molecule has 2 aliphatic rings. The fourth-order valence-electron chi connectivity index (χ4n) is 4.86. The van der Waals surface area contributed by atoms with E-state index in [0.29, 0.717) is 23.3 Å². The molecule has 1 aliphatic heterocycles. The van der Waals surface area contributed by atoms with Gasteiger partial charge in [0.25, 0.3) is 5.56 Å². The molecule has 6 heteroatoms. The maximum Gasteiger partial charge on any atom is 0.264 e. The van der Waals surface area contributed by atoms with Crippen LogP contribution in [0.5, 0.6) is 0 Å². The minimum atomic E-state index is 0.0946. The molecule has 0 amide bonds. The predicted octanol–water partition coefficient (Wildman–Crippen LogP) is 3.77. The summed E-state index contributed by atoms with van der Waals surface area (Å²) in [4.78, 5) is 20.8. The minimum Gasteiger partial charge on any atom is -0.293 e. The van der Waals surface area contributed by atoms with Gasteiger partial charge in [-0.3, -0.25) is 14.3 Å². The van der Waals surface area contributed by atoms with E-state index in [2.05, 4.69) is 37.7 Å². The lowest BCUT2D eigenvalue weighted by molar-refractivity contribution is 0.115. The summed E-state index contributed by atoms with van der Waals surface area (Å²) in [5.74, 6) is 2.11. The van der Waals surface area contributed by atoms with Gasteiger partial charge in [0.15, 0.2) is 5.65 Å². The highest BCUT2D eigenvalue weighted by atomic mass is 16.1. The summed E-state index contributed by atoms with van der Waals surface area (Å²) in [5.41, 5.74) is 0.899. The van der Waals surface area contributed by atoms with Crippen molar-refractivity contribution < 1.29 is 0 Å². The van der Waals surface area contributed by atoms with E-state index in [4.69, 9.17) is 4.98 Å². The number of hydrogen-bond donors (Lipinski definition) is 0. The summed E-state index contributed by atoms with van der Waals surface area (Å²) in [7, 11) is 0. The standard InChI is InChI=1S/C21H33N5O/c1-14(2)11-18-20-23-19-17(12-22-26(19)16-7-5-6-8-16)21(27)25(20)10-9-24(18)13-15(3)4/h12,14-16,18H,5-11,13H2,1-4H3. The molecule has 1 saturated carbocycles. The zero-order valence-corrected chi connectivity index (χ0v) is 17.2. The predicted molar refractivity (Wildman–Crippen MR) is 108 cm³/mol. The number of aromatic nitrogens is 4. The molecular formula is C21H33N5O. The molecule has 27 heavy (non-hydrogen) atoms. The van der Waals surface area contributed by atoms with Gasteiger partial charge in [-0.1, -0.05) is 40.5 Å². The van der Waals surface area contributed by atoms with Crippen molar-refractivity contribution in [1.29, 1.82) is 0 Å². The van der Waals surface area contributed by atoms with Gasteiger partial charge in [-0.15, -0.1) is 0 Å². The number of hydrogen-bond acceptors (Lipinski definition) is 4. The fraction of sp³-hybridized carbons (Fsp3) is 0.762. The minimum absolute atomic E-state index is 0.0946. The van der Waals surface area contributed by atoms with Crippen molar-refractivity contribution in [3.63, 3.8) is 0 Å². The van der Waals surface area contributed by atoms with Crippen LogP contribution >= 0.6 is 0 Å². The molecule has 1 atom stereocenters. The van der Waals surface area contributed by atoms with Crippen LogP contribution in [0.1, 0.15) is 77.7 Å². The van der Waals surface area contributed by atoms with E-state index in [-0.39, 0.29) is 11.6 Å². The summed E-state index contributed by atoms with van der Waals surface area (Å²) in [6.45, 7) is 11.7. The highest BCUT2D eigenvalue weighted by molar-refractivity contribution is 5.73. The Morgan fingerprint density at radius 3 is 2.52 bits per heavy atom. The van der Waals surface area contributed by atoms with E-state index in [0.717, 1.165) is 50.4 Å². The zero-order valence-electron chi connectivity index (χ0n) is 17.2.